The molecule has 0 bridgehead atoms. The number of hydrogen-bond donors (Lipinski definition) is 1. The first kappa shape index (κ1) is 14.8. The van der Waals surface area contributed by atoms with E-state index in [1.807, 2.05) is 0 Å². The molecule has 0 aliphatic heterocycles. The van der Waals surface area contributed by atoms with Gasteiger partial charge in [-0.25, -0.2) is 0 Å². The maximum absolute atomic E-state index is 3.50. The van der Waals surface area contributed by atoms with Gasteiger partial charge in [0.05, 0.1) is 0 Å². The minimum Gasteiger partial charge on any atom is -0.313 e. The fourth-order valence-electron chi connectivity index (χ4n) is 2.97. The summed E-state index contributed by atoms with van der Waals surface area (Å²) in [6, 6.07) is 13.4. The van der Waals surface area contributed by atoms with Gasteiger partial charge in [-0.3, -0.25) is 0 Å². The molecule has 1 nitrogen and oxygen atoms in total. The molecule has 106 valence electrons. The molecule has 1 heteroatoms. The molecule has 0 amide bonds. The van der Waals surface area contributed by atoms with Crippen LogP contribution in [0, 0.1) is 27.7 Å². The summed E-state index contributed by atoms with van der Waals surface area (Å²) < 4.78 is 0. The Labute approximate surface area is 123 Å². The number of rotatable bonds is 4. The van der Waals surface area contributed by atoms with E-state index in [4.69, 9.17) is 0 Å². The number of benzene rings is 2. The van der Waals surface area contributed by atoms with Crippen LogP contribution in [-0.4, -0.2) is 7.05 Å². The third-order valence-electron chi connectivity index (χ3n) is 4.40. The molecule has 0 radical (unpaired) electrons. The Hall–Kier alpha value is -1.60. The lowest BCUT2D eigenvalue weighted by Crippen LogP contribution is -2.21. The molecule has 0 aliphatic rings. The summed E-state index contributed by atoms with van der Waals surface area (Å²) >= 11 is 0. The van der Waals surface area contributed by atoms with E-state index in [0.717, 1.165) is 6.42 Å². The molecule has 0 aromatic heterocycles. The minimum atomic E-state index is 0.371. The van der Waals surface area contributed by atoms with Gasteiger partial charge in [0.2, 0.25) is 0 Å². The van der Waals surface area contributed by atoms with Crippen molar-refractivity contribution in [3.05, 3.63) is 69.8 Å². The molecule has 2 aromatic carbocycles. The first-order chi connectivity index (χ1) is 9.54. The van der Waals surface area contributed by atoms with E-state index in [2.05, 4.69) is 76.5 Å². The summed E-state index contributed by atoms with van der Waals surface area (Å²) in [5.74, 6) is 0. The summed E-state index contributed by atoms with van der Waals surface area (Å²) in [4.78, 5) is 0. The second-order valence-corrected chi connectivity index (χ2v) is 5.71. The average Bonchev–Trinajstić information content (AvgIpc) is 2.45. The maximum Gasteiger partial charge on any atom is 0.0363 e. The van der Waals surface area contributed by atoms with Crippen molar-refractivity contribution in [2.45, 2.75) is 40.2 Å². The van der Waals surface area contributed by atoms with Crippen LogP contribution in [0.2, 0.25) is 0 Å². The summed E-state index contributed by atoms with van der Waals surface area (Å²) in [7, 11) is 2.06. The van der Waals surface area contributed by atoms with Gasteiger partial charge in [0.15, 0.2) is 0 Å². The second kappa shape index (κ2) is 6.23. The Morgan fingerprint density at radius 1 is 0.900 bits per heavy atom. The van der Waals surface area contributed by atoms with Crippen molar-refractivity contribution in [2.75, 3.05) is 7.05 Å². The minimum absolute atomic E-state index is 0.371. The molecular weight excluding hydrogens is 242 g/mol. The van der Waals surface area contributed by atoms with Crippen molar-refractivity contribution in [2.24, 2.45) is 0 Å². The molecule has 2 rings (SSSR count). The van der Waals surface area contributed by atoms with Gasteiger partial charge >= 0.3 is 0 Å². The van der Waals surface area contributed by atoms with Crippen molar-refractivity contribution in [1.29, 1.82) is 0 Å². The summed E-state index contributed by atoms with van der Waals surface area (Å²) in [5, 5.41) is 3.50. The van der Waals surface area contributed by atoms with Gasteiger partial charge in [-0.15, -0.1) is 0 Å². The molecule has 0 spiro atoms. The van der Waals surface area contributed by atoms with Gasteiger partial charge in [0, 0.05) is 6.04 Å². The maximum atomic E-state index is 3.50. The number of hydrogen-bond acceptors (Lipinski definition) is 1. The van der Waals surface area contributed by atoms with Gasteiger partial charge in [-0.2, -0.15) is 0 Å². The zero-order valence-corrected chi connectivity index (χ0v) is 13.2. The number of aryl methyl sites for hydroxylation is 2. The average molecular weight is 267 g/mol. The van der Waals surface area contributed by atoms with Crippen LogP contribution in [0.25, 0.3) is 0 Å². The van der Waals surface area contributed by atoms with Crippen LogP contribution in [-0.2, 0) is 6.42 Å². The normalized spacial score (nSPS) is 12.4. The van der Waals surface area contributed by atoms with Crippen LogP contribution in [0.15, 0.2) is 36.4 Å². The highest BCUT2D eigenvalue weighted by atomic mass is 14.9. The summed E-state index contributed by atoms with van der Waals surface area (Å²) in [6.45, 7) is 8.90. The van der Waals surface area contributed by atoms with Crippen molar-refractivity contribution >= 4 is 0 Å². The van der Waals surface area contributed by atoms with E-state index in [1.165, 1.54) is 33.4 Å². The van der Waals surface area contributed by atoms with Crippen molar-refractivity contribution in [3.63, 3.8) is 0 Å². The quantitative estimate of drug-likeness (QED) is 0.864. The van der Waals surface area contributed by atoms with E-state index in [9.17, 15) is 0 Å². The Morgan fingerprint density at radius 3 is 1.95 bits per heavy atom. The zero-order valence-electron chi connectivity index (χ0n) is 13.2. The lowest BCUT2D eigenvalue weighted by atomic mass is 9.87. The van der Waals surface area contributed by atoms with E-state index in [1.54, 1.807) is 0 Å². The lowest BCUT2D eigenvalue weighted by molar-refractivity contribution is 0.584. The van der Waals surface area contributed by atoms with E-state index < -0.39 is 0 Å². The molecule has 1 unspecified atom stereocenters. The van der Waals surface area contributed by atoms with Gasteiger partial charge in [0.25, 0.3) is 0 Å². The Kier molecular flexibility index (Phi) is 4.61. The monoisotopic (exact) mass is 267 g/mol. The zero-order chi connectivity index (χ0) is 14.7. The van der Waals surface area contributed by atoms with Crippen LogP contribution >= 0.6 is 0 Å². The van der Waals surface area contributed by atoms with Gasteiger partial charge < -0.3 is 5.32 Å². The molecule has 0 aliphatic carbocycles. The first-order valence-electron chi connectivity index (χ1n) is 7.33. The molecule has 20 heavy (non-hydrogen) atoms. The highest BCUT2D eigenvalue weighted by molar-refractivity contribution is 5.46. The Morgan fingerprint density at radius 2 is 1.45 bits per heavy atom. The van der Waals surface area contributed by atoms with E-state index >= 15 is 0 Å². The Bertz CT molecular complexity index is 558. The second-order valence-electron chi connectivity index (χ2n) is 5.71. The molecule has 1 atom stereocenters. The largest absolute Gasteiger partial charge is 0.313 e. The molecule has 0 saturated heterocycles. The molecule has 2 aromatic rings. The predicted molar refractivity (Wildman–Crippen MR) is 87.3 cm³/mol. The highest BCUT2D eigenvalue weighted by Gasteiger charge is 2.17. The standard InChI is InChI=1S/C19H25N/c1-13-11-14(2)16(4)19(15(13)3)18(20-5)12-17-9-7-6-8-10-17/h6-11,18,20H,12H2,1-5H3. The van der Waals surface area contributed by atoms with Crippen LogP contribution in [0.3, 0.4) is 0 Å². The van der Waals surface area contributed by atoms with Crippen LogP contribution < -0.4 is 5.32 Å². The Balaban J connectivity index is 2.42. The van der Waals surface area contributed by atoms with Gasteiger partial charge in [0.1, 0.15) is 0 Å². The summed E-state index contributed by atoms with van der Waals surface area (Å²) in [5.41, 5.74) is 8.46. The van der Waals surface area contributed by atoms with Gasteiger partial charge in [-0.1, -0.05) is 36.4 Å². The SMILES string of the molecule is CNC(Cc1ccccc1)c1c(C)c(C)cc(C)c1C. The molecule has 0 saturated carbocycles. The third kappa shape index (κ3) is 2.94. The van der Waals surface area contributed by atoms with Gasteiger partial charge in [-0.05, 0) is 74.5 Å². The van der Waals surface area contributed by atoms with Crippen molar-refractivity contribution in [1.82, 2.24) is 5.32 Å². The lowest BCUT2D eigenvalue weighted by Gasteiger charge is -2.24. The molecule has 0 heterocycles. The topological polar surface area (TPSA) is 12.0 Å². The molecule has 0 fully saturated rings. The number of likely N-dealkylation sites (N-methyl/N-ethyl adjacent to an activating group) is 1. The van der Waals surface area contributed by atoms with Crippen LogP contribution in [0.1, 0.15) is 39.4 Å². The number of nitrogens with one attached hydrogen (secondary N) is 1. The highest BCUT2D eigenvalue weighted by Crippen LogP contribution is 2.29. The molecular formula is C19H25N. The molecule has 1 N–H and O–H groups in total. The first-order valence-corrected chi connectivity index (χ1v) is 7.33. The fraction of sp³-hybridized carbons (Fsp3) is 0.368. The fourth-order valence-corrected chi connectivity index (χ4v) is 2.97. The van der Waals surface area contributed by atoms with Crippen LogP contribution in [0.5, 0.6) is 0 Å². The predicted octanol–water partition coefficient (Wildman–Crippen LogP) is 4.42. The van der Waals surface area contributed by atoms with E-state index in [0.29, 0.717) is 6.04 Å². The van der Waals surface area contributed by atoms with Crippen molar-refractivity contribution in [3.8, 4) is 0 Å². The van der Waals surface area contributed by atoms with Crippen LogP contribution in [0.4, 0.5) is 0 Å². The van der Waals surface area contributed by atoms with Crippen molar-refractivity contribution < 1.29 is 0 Å². The summed E-state index contributed by atoms with van der Waals surface area (Å²) in [6.07, 6.45) is 1.03. The smallest absolute Gasteiger partial charge is 0.0363 e. The third-order valence-corrected chi connectivity index (χ3v) is 4.40. The van der Waals surface area contributed by atoms with E-state index in [-0.39, 0.29) is 0 Å².